The molecular weight excluding hydrogens is 212 g/mol. The Morgan fingerprint density at radius 2 is 1.81 bits per heavy atom. The third-order valence-corrected chi connectivity index (χ3v) is 4.31. The standard InChI is InChI=1S/C12H21F2NO/c13-11(14)8-16-10-7-9(15)12(10)5-3-1-2-4-6-12/h9-11H,1-8,15H2. The van der Waals surface area contributed by atoms with Gasteiger partial charge in [0.15, 0.2) is 0 Å². The number of nitrogens with two attached hydrogens (primary N) is 1. The van der Waals surface area contributed by atoms with Crippen molar-refractivity contribution in [2.24, 2.45) is 11.1 Å². The SMILES string of the molecule is NC1CC(OCC(F)F)C12CCCCCC2. The van der Waals surface area contributed by atoms with E-state index in [1.54, 1.807) is 0 Å². The second kappa shape index (κ2) is 4.96. The average Bonchev–Trinajstić information content (AvgIpc) is 2.51. The van der Waals surface area contributed by atoms with Gasteiger partial charge >= 0.3 is 0 Å². The molecule has 4 heteroatoms. The maximum Gasteiger partial charge on any atom is 0.261 e. The van der Waals surface area contributed by atoms with Gasteiger partial charge in [0.25, 0.3) is 6.43 Å². The molecule has 2 unspecified atom stereocenters. The van der Waals surface area contributed by atoms with Crippen LogP contribution in [0.2, 0.25) is 0 Å². The van der Waals surface area contributed by atoms with E-state index in [1.165, 1.54) is 25.7 Å². The quantitative estimate of drug-likeness (QED) is 0.813. The number of halogens is 2. The van der Waals surface area contributed by atoms with Gasteiger partial charge < -0.3 is 10.5 Å². The van der Waals surface area contributed by atoms with Gasteiger partial charge in [0, 0.05) is 11.5 Å². The average molecular weight is 233 g/mol. The molecule has 0 aromatic heterocycles. The number of hydrogen-bond acceptors (Lipinski definition) is 2. The zero-order valence-electron chi connectivity index (χ0n) is 9.63. The molecule has 94 valence electrons. The topological polar surface area (TPSA) is 35.2 Å². The summed E-state index contributed by atoms with van der Waals surface area (Å²) in [6.07, 6.45) is 5.32. The van der Waals surface area contributed by atoms with Crippen molar-refractivity contribution in [2.45, 2.75) is 63.5 Å². The maximum absolute atomic E-state index is 12.1. The van der Waals surface area contributed by atoms with Crippen molar-refractivity contribution in [1.82, 2.24) is 0 Å². The first-order chi connectivity index (χ1) is 7.65. The largest absolute Gasteiger partial charge is 0.372 e. The molecule has 2 nitrogen and oxygen atoms in total. The fraction of sp³-hybridized carbons (Fsp3) is 1.00. The molecule has 0 heterocycles. The van der Waals surface area contributed by atoms with E-state index in [0.717, 1.165) is 19.3 Å². The second-order valence-corrected chi connectivity index (χ2v) is 5.20. The van der Waals surface area contributed by atoms with Crippen molar-refractivity contribution < 1.29 is 13.5 Å². The summed E-state index contributed by atoms with van der Waals surface area (Å²) in [6, 6.07) is 0.160. The van der Waals surface area contributed by atoms with Crippen molar-refractivity contribution >= 4 is 0 Å². The van der Waals surface area contributed by atoms with Crippen LogP contribution in [0.25, 0.3) is 0 Å². The van der Waals surface area contributed by atoms with Gasteiger partial charge in [0.1, 0.15) is 6.61 Å². The highest BCUT2D eigenvalue weighted by molar-refractivity contribution is 5.06. The van der Waals surface area contributed by atoms with Gasteiger partial charge in [-0.05, 0) is 19.3 Å². The summed E-state index contributed by atoms with van der Waals surface area (Å²) in [5, 5.41) is 0. The fourth-order valence-electron chi connectivity index (χ4n) is 3.28. The van der Waals surface area contributed by atoms with Gasteiger partial charge in [0.05, 0.1) is 6.10 Å². The molecule has 16 heavy (non-hydrogen) atoms. The highest BCUT2D eigenvalue weighted by Crippen LogP contribution is 2.51. The number of ether oxygens (including phenoxy) is 1. The fourth-order valence-corrected chi connectivity index (χ4v) is 3.28. The van der Waals surface area contributed by atoms with E-state index in [4.69, 9.17) is 10.5 Å². The first kappa shape index (κ1) is 12.2. The second-order valence-electron chi connectivity index (χ2n) is 5.20. The van der Waals surface area contributed by atoms with Crippen LogP contribution < -0.4 is 5.73 Å². The van der Waals surface area contributed by atoms with Crippen LogP contribution in [0.15, 0.2) is 0 Å². The molecule has 0 bridgehead atoms. The van der Waals surface area contributed by atoms with Gasteiger partial charge in [-0.15, -0.1) is 0 Å². The number of hydrogen-bond donors (Lipinski definition) is 1. The smallest absolute Gasteiger partial charge is 0.261 e. The lowest BCUT2D eigenvalue weighted by atomic mass is 9.58. The molecule has 0 aliphatic heterocycles. The summed E-state index contributed by atoms with van der Waals surface area (Å²) in [4.78, 5) is 0. The van der Waals surface area contributed by atoms with E-state index >= 15 is 0 Å². The van der Waals surface area contributed by atoms with Crippen LogP contribution >= 0.6 is 0 Å². The number of rotatable bonds is 3. The summed E-state index contributed by atoms with van der Waals surface area (Å²) in [6.45, 7) is -0.431. The lowest BCUT2D eigenvalue weighted by Crippen LogP contribution is -2.62. The van der Waals surface area contributed by atoms with Crippen LogP contribution in [0.1, 0.15) is 44.9 Å². The summed E-state index contributed by atoms with van der Waals surface area (Å²) < 4.78 is 29.6. The van der Waals surface area contributed by atoms with Crippen molar-refractivity contribution in [3.63, 3.8) is 0 Å². The third kappa shape index (κ3) is 2.23. The summed E-state index contributed by atoms with van der Waals surface area (Å²) in [5.74, 6) is 0. The Kier molecular flexibility index (Phi) is 3.80. The van der Waals surface area contributed by atoms with Gasteiger partial charge in [-0.3, -0.25) is 0 Å². The van der Waals surface area contributed by atoms with E-state index in [0.29, 0.717) is 0 Å². The Hall–Kier alpha value is -0.220. The first-order valence-electron chi connectivity index (χ1n) is 6.30. The van der Waals surface area contributed by atoms with E-state index in [9.17, 15) is 8.78 Å². The van der Waals surface area contributed by atoms with Crippen LogP contribution in [-0.2, 0) is 4.74 Å². The Morgan fingerprint density at radius 1 is 1.19 bits per heavy atom. The summed E-state index contributed by atoms with van der Waals surface area (Å²) in [7, 11) is 0. The minimum atomic E-state index is -2.36. The normalized spacial score (nSPS) is 33.8. The molecule has 2 aliphatic carbocycles. The monoisotopic (exact) mass is 233 g/mol. The first-order valence-corrected chi connectivity index (χ1v) is 6.30. The van der Waals surface area contributed by atoms with Gasteiger partial charge in [0.2, 0.25) is 0 Å². The van der Waals surface area contributed by atoms with E-state index in [-0.39, 0.29) is 17.6 Å². The van der Waals surface area contributed by atoms with Crippen molar-refractivity contribution in [3.8, 4) is 0 Å². The van der Waals surface area contributed by atoms with Crippen LogP contribution in [0, 0.1) is 5.41 Å². The molecule has 0 saturated heterocycles. The molecule has 2 aliphatic rings. The lowest BCUT2D eigenvalue weighted by Gasteiger charge is -2.54. The van der Waals surface area contributed by atoms with Crippen LogP contribution in [0.4, 0.5) is 8.78 Å². The molecule has 1 spiro atoms. The predicted octanol–water partition coefficient (Wildman–Crippen LogP) is 2.71. The highest BCUT2D eigenvalue weighted by atomic mass is 19.3. The van der Waals surface area contributed by atoms with Crippen molar-refractivity contribution in [3.05, 3.63) is 0 Å². The molecule has 0 amide bonds. The van der Waals surface area contributed by atoms with Gasteiger partial charge in [-0.25, -0.2) is 8.78 Å². The minimum Gasteiger partial charge on any atom is -0.372 e. The lowest BCUT2D eigenvalue weighted by molar-refractivity contribution is -0.153. The third-order valence-electron chi connectivity index (χ3n) is 4.31. The zero-order chi connectivity index (χ0) is 11.6. The van der Waals surface area contributed by atoms with Crippen molar-refractivity contribution in [1.29, 1.82) is 0 Å². The van der Waals surface area contributed by atoms with E-state index in [2.05, 4.69) is 0 Å². The molecule has 2 N–H and O–H groups in total. The molecule has 0 radical (unpaired) electrons. The molecular formula is C12H21F2NO. The van der Waals surface area contributed by atoms with Crippen LogP contribution in [0.5, 0.6) is 0 Å². The summed E-state index contributed by atoms with van der Waals surface area (Å²) in [5.41, 5.74) is 6.11. The summed E-state index contributed by atoms with van der Waals surface area (Å²) >= 11 is 0. The van der Waals surface area contributed by atoms with Gasteiger partial charge in [-0.1, -0.05) is 25.7 Å². The van der Waals surface area contributed by atoms with Crippen LogP contribution in [-0.4, -0.2) is 25.2 Å². The Balaban J connectivity index is 1.93. The molecule has 2 fully saturated rings. The van der Waals surface area contributed by atoms with E-state index in [1.807, 2.05) is 0 Å². The molecule has 2 saturated carbocycles. The zero-order valence-corrected chi connectivity index (χ0v) is 9.63. The highest BCUT2D eigenvalue weighted by Gasteiger charge is 2.53. The molecule has 2 rings (SSSR count). The molecule has 0 aromatic carbocycles. The number of alkyl halides is 2. The Bertz CT molecular complexity index is 227. The molecule has 0 aromatic rings. The minimum absolute atomic E-state index is 0.0189. The molecule has 2 atom stereocenters. The Morgan fingerprint density at radius 3 is 2.31 bits per heavy atom. The predicted molar refractivity (Wildman–Crippen MR) is 58.5 cm³/mol. The maximum atomic E-state index is 12.1. The van der Waals surface area contributed by atoms with E-state index < -0.39 is 13.0 Å². The Labute approximate surface area is 95.5 Å². The van der Waals surface area contributed by atoms with Crippen molar-refractivity contribution in [2.75, 3.05) is 6.61 Å². The van der Waals surface area contributed by atoms with Gasteiger partial charge in [-0.2, -0.15) is 0 Å². The van der Waals surface area contributed by atoms with Crippen LogP contribution in [0.3, 0.4) is 0 Å².